The number of ether oxygens (including phenoxy) is 1. The number of thioether (sulfide) groups is 1. The lowest BCUT2D eigenvalue weighted by Gasteiger charge is -2.40. The van der Waals surface area contributed by atoms with E-state index in [0.29, 0.717) is 25.0 Å². The zero-order chi connectivity index (χ0) is 38.1. The number of hydrogen-bond acceptors (Lipinski definition) is 11. The fourth-order valence-corrected chi connectivity index (χ4v) is 10.3. The van der Waals surface area contributed by atoms with Gasteiger partial charge >= 0.3 is 17.9 Å². The van der Waals surface area contributed by atoms with E-state index in [4.69, 9.17) is 15.6 Å². The summed E-state index contributed by atoms with van der Waals surface area (Å²) in [5.41, 5.74) is 9.60. The Labute approximate surface area is 313 Å². The predicted octanol–water partition coefficient (Wildman–Crippen LogP) is 2.96. The smallest absolute Gasteiger partial charge is 0.353 e. The zero-order valence-corrected chi connectivity index (χ0v) is 30.8. The summed E-state index contributed by atoms with van der Waals surface area (Å²) in [5.74, 6) is -4.78. The first-order valence-electron chi connectivity index (χ1n) is 18.7. The maximum Gasteiger partial charge on any atom is 0.353 e. The zero-order valence-electron chi connectivity index (χ0n) is 30.0. The number of pyridine rings is 1. The molecule has 1 aromatic heterocycles. The molecule has 4 aliphatic rings. The number of carboxylic acids is 2. The van der Waals surface area contributed by atoms with Crippen molar-refractivity contribution in [2.45, 2.75) is 120 Å². The maximum atomic E-state index is 14.2. The van der Waals surface area contributed by atoms with Crippen LogP contribution in [-0.2, 0) is 35.1 Å². The third-order valence-corrected chi connectivity index (χ3v) is 12.8. The summed E-state index contributed by atoms with van der Waals surface area (Å²) < 4.78 is 6.41. The number of nitrogens with two attached hydrogens (primary N) is 1. The maximum absolute atomic E-state index is 14.2. The predicted molar refractivity (Wildman–Crippen MR) is 195 cm³/mol. The van der Waals surface area contributed by atoms with Gasteiger partial charge in [0.05, 0.1) is 5.25 Å². The van der Waals surface area contributed by atoms with Gasteiger partial charge in [0.15, 0.2) is 0 Å². The molecule has 290 valence electrons. The molecular formula is C38H52N4O10S. The number of aliphatic carboxylic acids is 2. The summed E-state index contributed by atoms with van der Waals surface area (Å²) in [6.45, 7) is -0.0152. The molecule has 2 amide bonds. The number of carbonyl (C=O) groups is 5. The van der Waals surface area contributed by atoms with Crippen LogP contribution in [0.5, 0.6) is 0 Å². The first-order valence-corrected chi connectivity index (χ1v) is 19.8. The molecular weight excluding hydrogens is 705 g/mol. The number of aromatic nitrogens is 1. The minimum absolute atomic E-state index is 0.0152. The molecule has 6 atom stereocenters. The summed E-state index contributed by atoms with van der Waals surface area (Å²) in [6.07, 6.45) is 11.9. The molecule has 0 radical (unpaired) electrons. The van der Waals surface area contributed by atoms with Crippen molar-refractivity contribution in [2.24, 2.45) is 23.0 Å². The molecule has 15 heteroatoms. The number of allylic oxidation sites excluding steroid dienone is 1. The summed E-state index contributed by atoms with van der Waals surface area (Å²) >= 11 is 1.39. The van der Waals surface area contributed by atoms with E-state index in [-0.39, 0.29) is 47.8 Å². The molecule has 2 heterocycles. The quantitative estimate of drug-likeness (QED) is 0.0731. The van der Waals surface area contributed by atoms with Gasteiger partial charge in [0.2, 0.25) is 18.0 Å². The third kappa shape index (κ3) is 9.85. The second-order valence-electron chi connectivity index (χ2n) is 14.8. The Morgan fingerprint density at radius 3 is 2.38 bits per heavy atom. The number of carbonyl (C=O) groups excluding carboxylic acids is 3. The second kappa shape index (κ2) is 18.5. The van der Waals surface area contributed by atoms with E-state index in [0.717, 1.165) is 80.9 Å². The normalized spacial score (nSPS) is 24.2. The average molecular weight is 757 g/mol. The largest absolute Gasteiger partial charge is 0.480 e. The van der Waals surface area contributed by atoms with Crippen LogP contribution in [0.25, 0.3) is 0 Å². The van der Waals surface area contributed by atoms with Gasteiger partial charge in [0.25, 0.3) is 0 Å². The molecule has 14 nitrogen and oxygen atoms in total. The molecule has 0 bridgehead atoms. The van der Waals surface area contributed by atoms with Gasteiger partial charge in [-0.25, -0.2) is 4.79 Å². The number of aliphatic hydroxyl groups is 2. The van der Waals surface area contributed by atoms with E-state index >= 15 is 0 Å². The number of nitrogens with one attached hydrogen (secondary N) is 2. The molecule has 0 aromatic carbocycles. The van der Waals surface area contributed by atoms with Crippen molar-refractivity contribution < 1.29 is 49.1 Å². The first kappa shape index (κ1) is 40.4. The highest BCUT2D eigenvalue weighted by Crippen LogP contribution is 2.58. The molecule has 53 heavy (non-hydrogen) atoms. The minimum Gasteiger partial charge on any atom is -0.480 e. The molecule has 5 rings (SSSR count). The van der Waals surface area contributed by atoms with Crippen molar-refractivity contribution in [3.63, 3.8) is 0 Å². The molecule has 1 saturated carbocycles. The highest BCUT2D eigenvalue weighted by atomic mass is 32.2. The van der Waals surface area contributed by atoms with Crippen LogP contribution >= 0.6 is 11.8 Å². The SMILES string of the molecule is N[C@@H](CCC(=O)N[C@@H](CSC1C2=C3[C@@H](CCCCCC14CCCC4)CC(Cc1ccncc1)=C(CCCO)[C@@H]3C(=O)O2)C(=O)N[C@@H](O)C(=O)O)C(=O)O. The van der Waals surface area contributed by atoms with Crippen LogP contribution in [0.15, 0.2) is 47.0 Å². The summed E-state index contributed by atoms with van der Waals surface area (Å²) in [4.78, 5) is 67.4. The molecule has 1 aromatic rings. The standard InChI is InChI=1S/C38H52N4O10S/c39-26(35(47)48)9-10-28(44)41-27(33(45)42-34(46)36(49)50)21-53-32-31-29-23(7-2-1-3-13-38(32)14-4-5-15-38)20-24(19-22-11-16-40-17-12-22)25(8-6-18-43)30(29)37(51)52-31/h11-12,16-17,23,26-27,30,32,34,43,46H,1-10,13-15,18-21,39H2,(H,41,44)(H,42,45)(H,47,48)(H,49,50)/t23-,26-,27-,30-,32?,34-/m0/s1. The molecule has 0 saturated heterocycles. The van der Waals surface area contributed by atoms with Crippen LogP contribution in [-0.4, -0.2) is 91.1 Å². The average Bonchev–Trinajstić information content (AvgIpc) is 3.75. The molecule has 1 spiro atoms. The van der Waals surface area contributed by atoms with Gasteiger partial charge in [-0.05, 0) is 92.4 Å². The molecule has 1 unspecified atom stereocenters. The van der Waals surface area contributed by atoms with E-state index in [9.17, 15) is 39.3 Å². The highest BCUT2D eigenvalue weighted by molar-refractivity contribution is 8.00. The summed E-state index contributed by atoms with van der Waals surface area (Å²) in [5, 5.41) is 42.5. The van der Waals surface area contributed by atoms with Crippen molar-refractivity contribution in [1.82, 2.24) is 15.6 Å². The van der Waals surface area contributed by atoms with Gasteiger partial charge < -0.3 is 41.5 Å². The second-order valence-corrected chi connectivity index (χ2v) is 15.9. The lowest BCUT2D eigenvalue weighted by molar-refractivity contribution is -0.151. The van der Waals surface area contributed by atoms with Crippen LogP contribution in [0.1, 0.15) is 95.5 Å². The number of amides is 2. The number of esters is 1. The van der Waals surface area contributed by atoms with Crippen molar-refractivity contribution in [3.8, 4) is 0 Å². The summed E-state index contributed by atoms with van der Waals surface area (Å²) in [7, 11) is 0. The molecule has 8 N–H and O–H groups in total. The fraction of sp³-hybridized carbons (Fsp3) is 0.632. The Morgan fingerprint density at radius 2 is 1.72 bits per heavy atom. The van der Waals surface area contributed by atoms with Crippen LogP contribution in [0.2, 0.25) is 0 Å². The van der Waals surface area contributed by atoms with Crippen molar-refractivity contribution in [2.75, 3.05) is 12.4 Å². The Morgan fingerprint density at radius 1 is 1.02 bits per heavy atom. The highest BCUT2D eigenvalue weighted by Gasteiger charge is 2.53. The van der Waals surface area contributed by atoms with Crippen molar-refractivity contribution in [1.29, 1.82) is 0 Å². The number of rotatable bonds is 16. The number of hydrogen-bond donors (Lipinski definition) is 7. The van der Waals surface area contributed by atoms with E-state index in [1.165, 1.54) is 17.3 Å². The number of aliphatic hydroxyl groups excluding tert-OH is 2. The Hall–Kier alpha value is -3.79. The third-order valence-electron chi connectivity index (χ3n) is 11.3. The van der Waals surface area contributed by atoms with Crippen LogP contribution in [0.3, 0.4) is 0 Å². The lowest BCUT2D eigenvalue weighted by Crippen LogP contribution is -2.53. The van der Waals surface area contributed by atoms with Gasteiger partial charge in [0.1, 0.15) is 23.8 Å². The Balaban J connectivity index is 1.53. The van der Waals surface area contributed by atoms with Crippen LogP contribution < -0.4 is 16.4 Å². The molecule has 1 fully saturated rings. The number of nitrogens with zero attached hydrogens (tertiary/aromatic N) is 1. The lowest BCUT2D eigenvalue weighted by atomic mass is 9.67. The molecule has 3 aliphatic carbocycles. The van der Waals surface area contributed by atoms with Gasteiger partial charge in [0, 0.05) is 31.2 Å². The summed E-state index contributed by atoms with van der Waals surface area (Å²) in [6, 6.07) is 1.37. The van der Waals surface area contributed by atoms with E-state index < -0.39 is 48.0 Å². The number of carboxylic acid groups (broad SMARTS) is 2. The van der Waals surface area contributed by atoms with Crippen molar-refractivity contribution in [3.05, 3.63) is 52.6 Å². The monoisotopic (exact) mass is 756 g/mol. The fourth-order valence-electron chi connectivity index (χ4n) is 8.64. The Kier molecular flexibility index (Phi) is 14.1. The minimum atomic E-state index is -2.21. The van der Waals surface area contributed by atoms with Crippen LogP contribution in [0, 0.1) is 17.3 Å². The van der Waals surface area contributed by atoms with Gasteiger partial charge in [-0.3, -0.25) is 24.2 Å². The first-order chi connectivity index (χ1) is 25.4. The molecule has 1 aliphatic heterocycles. The van der Waals surface area contributed by atoms with Crippen molar-refractivity contribution >= 4 is 41.5 Å². The van der Waals surface area contributed by atoms with Gasteiger partial charge in [-0.15, -0.1) is 11.8 Å². The van der Waals surface area contributed by atoms with E-state index in [2.05, 4.69) is 10.3 Å². The van der Waals surface area contributed by atoms with Gasteiger partial charge in [-0.1, -0.05) is 43.3 Å². The van der Waals surface area contributed by atoms with E-state index in [1.807, 2.05) is 17.4 Å². The topological polar surface area (TPSA) is 238 Å². The van der Waals surface area contributed by atoms with E-state index in [1.54, 1.807) is 12.4 Å². The van der Waals surface area contributed by atoms with Gasteiger partial charge in [-0.2, -0.15) is 0 Å². The Bertz CT molecular complexity index is 1580. The van der Waals surface area contributed by atoms with Crippen LogP contribution in [0.4, 0.5) is 0 Å².